The highest BCUT2D eigenvalue weighted by Crippen LogP contribution is 2.18. The molecule has 148 valence electrons. The maximum atomic E-state index is 13.0. The SMILES string of the molecule is O=C(OCc1noc(-c2ccc(F)cc2)n1)c1cccc(CN2CCCC2=O)c1. The van der Waals surface area contributed by atoms with Crippen LogP contribution >= 0.6 is 0 Å². The summed E-state index contributed by atoms with van der Waals surface area (Å²) in [5.41, 5.74) is 1.82. The largest absolute Gasteiger partial charge is 0.454 e. The molecule has 1 amide bonds. The molecule has 0 unspecified atom stereocenters. The van der Waals surface area contributed by atoms with E-state index in [1.54, 1.807) is 23.1 Å². The highest BCUT2D eigenvalue weighted by molar-refractivity contribution is 5.89. The molecule has 0 bridgehead atoms. The number of hydrogen-bond acceptors (Lipinski definition) is 6. The number of carbonyl (C=O) groups is 2. The summed E-state index contributed by atoms with van der Waals surface area (Å²) in [5.74, 6) is -0.330. The third-order valence-electron chi connectivity index (χ3n) is 4.60. The van der Waals surface area contributed by atoms with Crippen molar-refractivity contribution in [3.05, 3.63) is 71.3 Å². The van der Waals surface area contributed by atoms with Gasteiger partial charge in [0.2, 0.25) is 11.7 Å². The Bertz CT molecular complexity index is 1030. The monoisotopic (exact) mass is 395 g/mol. The summed E-state index contributed by atoms with van der Waals surface area (Å²) >= 11 is 0. The molecule has 0 radical (unpaired) electrons. The van der Waals surface area contributed by atoms with Gasteiger partial charge in [-0.15, -0.1) is 0 Å². The molecule has 7 nitrogen and oxygen atoms in total. The van der Waals surface area contributed by atoms with E-state index in [0.29, 0.717) is 24.1 Å². The lowest BCUT2D eigenvalue weighted by Crippen LogP contribution is -2.23. The van der Waals surface area contributed by atoms with Crippen molar-refractivity contribution in [3.63, 3.8) is 0 Å². The van der Waals surface area contributed by atoms with Gasteiger partial charge in [0.15, 0.2) is 6.61 Å². The van der Waals surface area contributed by atoms with Crippen LogP contribution in [0.5, 0.6) is 0 Å². The van der Waals surface area contributed by atoms with E-state index in [-0.39, 0.29) is 30.0 Å². The molecule has 0 atom stereocenters. The Labute approximate surface area is 166 Å². The first-order valence-electron chi connectivity index (χ1n) is 9.21. The normalized spacial score (nSPS) is 13.7. The standard InChI is InChI=1S/C21H18FN3O4/c22-17-8-6-15(7-9-17)20-23-18(24-29-20)13-28-21(27)16-4-1-3-14(11-16)12-25-10-2-5-19(25)26/h1,3-4,6-9,11H,2,5,10,12-13H2. The summed E-state index contributed by atoms with van der Waals surface area (Å²) in [5, 5.41) is 3.77. The average molecular weight is 395 g/mol. The maximum Gasteiger partial charge on any atom is 0.338 e. The van der Waals surface area contributed by atoms with Gasteiger partial charge in [0.05, 0.1) is 5.56 Å². The maximum absolute atomic E-state index is 13.0. The van der Waals surface area contributed by atoms with Crippen LogP contribution < -0.4 is 0 Å². The molecule has 2 heterocycles. The Morgan fingerprint density at radius 2 is 2.03 bits per heavy atom. The van der Waals surface area contributed by atoms with Crippen molar-refractivity contribution in [2.75, 3.05) is 6.54 Å². The minimum absolute atomic E-state index is 0.132. The average Bonchev–Trinajstić information content (AvgIpc) is 3.36. The van der Waals surface area contributed by atoms with Crippen LogP contribution in [-0.2, 0) is 22.7 Å². The Balaban J connectivity index is 1.37. The van der Waals surface area contributed by atoms with Crippen molar-refractivity contribution < 1.29 is 23.2 Å². The van der Waals surface area contributed by atoms with Gasteiger partial charge in [-0.3, -0.25) is 4.79 Å². The van der Waals surface area contributed by atoms with Crippen molar-refractivity contribution in [3.8, 4) is 11.5 Å². The number of hydrogen-bond donors (Lipinski definition) is 0. The molecule has 2 aromatic carbocycles. The summed E-state index contributed by atoms with van der Waals surface area (Å²) < 4.78 is 23.4. The second-order valence-electron chi connectivity index (χ2n) is 6.72. The third kappa shape index (κ3) is 4.48. The highest BCUT2D eigenvalue weighted by atomic mass is 19.1. The summed E-state index contributed by atoms with van der Waals surface area (Å²) in [6, 6.07) is 12.6. The number of rotatable bonds is 6. The van der Waals surface area contributed by atoms with Crippen molar-refractivity contribution >= 4 is 11.9 Å². The number of nitrogens with zero attached hydrogens (tertiary/aromatic N) is 3. The number of esters is 1. The first-order valence-corrected chi connectivity index (χ1v) is 9.21. The van der Waals surface area contributed by atoms with Gasteiger partial charge in [0, 0.05) is 25.1 Å². The van der Waals surface area contributed by atoms with Crippen LogP contribution in [0.4, 0.5) is 4.39 Å². The molecule has 1 fully saturated rings. The summed E-state index contributed by atoms with van der Waals surface area (Å²) in [6.07, 6.45) is 1.44. The van der Waals surface area contributed by atoms with Gasteiger partial charge in [0.1, 0.15) is 5.82 Å². The van der Waals surface area contributed by atoms with Crippen molar-refractivity contribution in [1.29, 1.82) is 0 Å². The Hall–Kier alpha value is -3.55. The molecular formula is C21H18FN3O4. The Kier molecular flexibility index (Phi) is 5.33. The quantitative estimate of drug-likeness (QED) is 0.595. The molecule has 0 saturated carbocycles. The lowest BCUT2D eigenvalue weighted by molar-refractivity contribution is -0.128. The number of amides is 1. The molecule has 3 aromatic rings. The topological polar surface area (TPSA) is 85.5 Å². The zero-order valence-corrected chi connectivity index (χ0v) is 15.5. The Morgan fingerprint density at radius 1 is 1.21 bits per heavy atom. The fourth-order valence-corrected chi connectivity index (χ4v) is 3.12. The molecule has 0 spiro atoms. The van der Waals surface area contributed by atoms with Crippen LogP contribution in [0.25, 0.3) is 11.5 Å². The minimum atomic E-state index is -0.521. The second-order valence-corrected chi connectivity index (χ2v) is 6.72. The van der Waals surface area contributed by atoms with E-state index in [4.69, 9.17) is 9.26 Å². The van der Waals surface area contributed by atoms with E-state index in [1.807, 2.05) is 6.07 Å². The number of halogens is 1. The lowest BCUT2D eigenvalue weighted by Gasteiger charge is -2.15. The van der Waals surface area contributed by atoms with Crippen molar-refractivity contribution in [2.45, 2.75) is 26.0 Å². The van der Waals surface area contributed by atoms with E-state index in [9.17, 15) is 14.0 Å². The molecule has 0 N–H and O–H groups in total. The van der Waals surface area contributed by atoms with E-state index in [2.05, 4.69) is 10.1 Å². The van der Waals surface area contributed by atoms with Gasteiger partial charge in [-0.1, -0.05) is 17.3 Å². The van der Waals surface area contributed by atoms with Crippen LogP contribution in [0.15, 0.2) is 53.1 Å². The third-order valence-corrected chi connectivity index (χ3v) is 4.60. The van der Waals surface area contributed by atoms with Crippen LogP contribution in [0, 0.1) is 5.82 Å². The first kappa shape index (κ1) is 18.8. The smallest absolute Gasteiger partial charge is 0.338 e. The summed E-state index contributed by atoms with van der Waals surface area (Å²) in [4.78, 5) is 30.1. The number of likely N-dealkylation sites (tertiary alicyclic amines) is 1. The second kappa shape index (κ2) is 8.22. The molecule has 1 aliphatic rings. The number of benzene rings is 2. The van der Waals surface area contributed by atoms with Gasteiger partial charge >= 0.3 is 5.97 Å². The van der Waals surface area contributed by atoms with Crippen LogP contribution in [0.2, 0.25) is 0 Å². The fourth-order valence-electron chi connectivity index (χ4n) is 3.12. The van der Waals surface area contributed by atoms with Gasteiger partial charge in [-0.25, -0.2) is 9.18 Å². The molecule has 4 rings (SSSR count). The number of ether oxygens (including phenoxy) is 1. The fraction of sp³-hybridized carbons (Fsp3) is 0.238. The van der Waals surface area contributed by atoms with E-state index >= 15 is 0 Å². The molecule has 29 heavy (non-hydrogen) atoms. The Morgan fingerprint density at radius 3 is 2.79 bits per heavy atom. The van der Waals surface area contributed by atoms with E-state index in [0.717, 1.165) is 18.5 Å². The lowest BCUT2D eigenvalue weighted by atomic mass is 10.1. The van der Waals surface area contributed by atoms with Crippen molar-refractivity contribution in [2.24, 2.45) is 0 Å². The zero-order chi connectivity index (χ0) is 20.2. The molecule has 0 aliphatic carbocycles. The first-order chi connectivity index (χ1) is 14.1. The number of aromatic nitrogens is 2. The highest BCUT2D eigenvalue weighted by Gasteiger charge is 2.20. The predicted octanol–water partition coefficient (Wildman–Crippen LogP) is 3.36. The molecule has 1 saturated heterocycles. The zero-order valence-electron chi connectivity index (χ0n) is 15.5. The van der Waals surface area contributed by atoms with Gasteiger partial charge in [0.25, 0.3) is 5.89 Å². The van der Waals surface area contributed by atoms with Crippen LogP contribution in [-0.4, -0.2) is 33.5 Å². The molecule has 8 heteroatoms. The predicted molar refractivity (Wildman–Crippen MR) is 99.9 cm³/mol. The summed E-state index contributed by atoms with van der Waals surface area (Å²) in [7, 11) is 0. The van der Waals surface area contributed by atoms with Gasteiger partial charge in [-0.2, -0.15) is 4.98 Å². The van der Waals surface area contributed by atoms with Gasteiger partial charge in [-0.05, 0) is 48.4 Å². The van der Waals surface area contributed by atoms with E-state index in [1.165, 1.54) is 24.3 Å². The van der Waals surface area contributed by atoms with Crippen molar-refractivity contribution in [1.82, 2.24) is 15.0 Å². The minimum Gasteiger partial charge on any atom is -0.454 e. The summed E-state index contributed by atoms with van der Waals surface area (Å²) in [6.45, 7) is 1.06. The molecule has 1 aromatic heterocycles. The van der Waals surface area contributed by atoms with Crippen LogP contribution in [0.3, 0.4) is 0 Å². The van der Waals surface area contributed by atoms with E-state index < -0.39 is 5.97 Å². The number of carbonyl (C=O) groups excluding carboxylic acids is 2. The molecular weight excluding hydrogens is 377 g/mol. The molecule has 1 aliphatic heterocycles. The van der Waals surface area contributed by atoms with Crippen LogP contribution in [0.1, 0.15) is 34.6 Å². The van der Waals surface area contributed by atoms with Gasteiger partial charge < -0.3 is 14.2 Å².